The summed E-state index contributed by atoms with van der Waals surface area (Å²) in [4.78, 5) is 4.53. The van der Waals surface area contributed by atoms with E-state index in [2.05, 4.69) is 36.3 Å². The molecule has 0 saturated heterocycles. The van der Waals surface area contributed by atoms with Crippen molar-refractivity contribution in [1.29, 1.82) is 0 Å². The topological polar surface area (TPSA) is 34.2 Å². The molecule has 1 aliphatic rings. The van der Waals surface area contributed by atoms with E-state index in [4.69, 9.17) is 4.74 Å². The zero-order valence-corrected chi connectivity index (χ0v) is 13.1. The maximum Gasteiger partial charge on any atom is 0.214 e. The molecular formula is C17H28N2O. The Morgan fingerprint density at radius 1 is 1.35 bits per heavy atom. The van der Waals surface area contributed by atoms with E-state index in [0.717, 1.165) is 37.0 Å². The Labute approximate surface area is 123 Å². The van der Waals surface area contributed by atoms with Crippen LogP contribution >= 0.6 is 0 Å². The van der Waals surface area contributed by atoms with Crippen molar-refractivity contribution in [3.05, 3.63) is 23.4 Å². The van der Waals surface area contributed by atoms with E-state index in [1.165, 1.54) is 31.2 Å². The number of hydrogen-bond donors (Lipinski definition) is 1. The van der Waals surface area contributed by atoms with Crippen LogP contribution in [0.1, 0.15) is 57.2 Å². The normalized spacial score (nSPS) is 22.8. The molecule has 2 unspecified atom stereocenters. The number of aromatic nitrogens is 1. The van der Waals surface area contributed by atoms with Crippen molar-refractivity contribution in [1.82, 2.24) is 10.3 Å². The molecule has 3 nitrogen and oxygen atoms in total. The molecule has 1 fully saturated rings. The largest absolute Gasteiger partial charge is 0.474 e. The average molecular weight is 276 g/mol. The van der Waals surface area contributed by atoms with Gasteiger partial charge in [0, 0.05) is 18.3 Å². The Morgan fingerprint density at radius 2 is 2.20 bits per heavy atom. The minimum atomic E-state index is 0.351. The molecule has 1 N–H and O–H groups in total. The van der Waals surface area contributed by atoms with Gasteiger partial charge < -0.3 is 10.1 Å². The SMILES string of the molecule is CCCNCc1cc(C)nc(OC2CCCC(C)C2)c1. The first-order chi connectivity index (χ1) is 9.67. The Bertz CT molecular complexity index is 419. The third-order valence-electron chi connectivity index (χ3n) is 3.92. The number of pyridine rings is 1. The van der Waals surface area contributed by atoms with Crippen molar-refractivity contribution in [2.75, 3.05) is 6.54 Å². The van der Waals surface area contributed by atoms with Gasteiger partial charge in [-0.3, -0.25) is 0 Å². The standard InChI is InChI=1S/C17H28N2O/c1-4-8-18-12-15-10-14(3)19-17(11-15)20-16-7-5-6-13(2)9-16/h10-11,13,16,18H,4-9,12H2,1-3H3. The maximum atomic E-state index is 6.11. The highest BCUT2D eigenvalue weighted by molar-refractivity contribution is 5.24. The fraction of sp³-hybridized carbons (Fsp3) is 0.706. The van der Waals surface area contributed by atoms with Gasteiger partial charge in [0.15, 0.2) is 0 Å². The summed E-state index contributed by atoms with van der Waals surface area (Å²) >= 11 is 0. The highest BCUT2D eigenvalue weighted by Gasteiger charge is 2.20. The molecule has 1 heterocycles. The van der Waals surface area contributed by atoms with Gasteiger partial charge in [-0.1, -0.05) is 20.3 Å². The molecule has 1 aromatic rings. The number of ether oxygens (including phenoxy) is 1. The molecule has 2 rings (SSSR count). The zero-order valence-electron chi connectivity index (χ0n) is 13.1. The van der Waals surface area contributed by atoms with Crippen LogP contribution in [-0.2, 0) is 6.54 Å². The highest BCUT2D eigenvalue weighted by atomic mass is 16.5. The van der Waals surface area contributed by atoms with Crippen molar-refractivity contribution < 1.29 is 4.74 Å². The van der Waals surface area contributed by atoms with Crippen LogP contribution in [0.25, 0.3) is 0 Å². The first-order valence-corrected chi connectivity index (χ1v) is 8.02. The molecule has 0 amide bonds. The van der Waals surface area contributed by atoms with E-state index in [0.29, 0.717) is 6.10 Å². The second kappa shape index (κ2) is 7.63. The van der Waals surface area contributed by atoms with E-state index in [9.17, 15) is 0 Å². The molecule has 1 aliphatic carbocycles. The molecule has 0 spiro atoms. The summed E-state index contributed by atoms with van der Waals surface area (Å²) in [5.41, 5.74) is 2.31. The monoisotopic (exact) mass is 276 g/mol. The number of rotatable bonds is 6. The second-order valence-corrected chi connectivity index (χ2v) is 6.14. The van der Waals surface area contributed by atoms with E-state index in [-0.39, 0.29) is 0 Å². The van der Waals surface area contributed by atoms with Gasteiger partial charge in [0.05, 0.1) is 0 Å². The van der Waals surface area contributed by atoms with Crippen LogP contribution in [0, 0.1) is 12.8 Å². The minimum Gasteiger partial charge on any atom is -0.474 e. The average Bonchev–Trinajstić information content (AvgIpc) is 2.38. The highest BCUT2D eigenvalue weighted by Crippen LogP contribution is 2.27. The van der Waals surface area contributed by atoms with Crippen molar-refractivity contribution in [3.8, 4) is 5.88 Å². The lowest BCUT2D eigenvalue weighted by Crippen LogP contribution is -2.24. The summed E-state index contributed by atoms with van der Waals surface area (Å²) in [6.45, 7) is 8.49. The summed E-state index contributed by atoms with van der Waals surface area (Å²) in [5, 5.41) is 3.43. The van der Waals surface area contributed by atoms with Gasteiger partial charge >= 0.3 is 0 Å². The zero-order chi connectivity index (χ0) is 14.4. The minimum absolute atomic E-state index is 0.351. The Morgan fingerprint density at radius 3 is 2.95 bits per heavy atom. The fourth-order valence-electron chi connectivity index (χ4n) is 2.94. The van der Waals surface area contributed by atoms with Gasteiger partial charge in [-0.05, 0) is 56.7 Å². The molecule has 1 aromatic heterocycles. The summed E-state index contributed by atoms with van der Waals surface area (Å²) in [6.07, 6.45) is 6.47. The van der Waals surface area contributed by atoms with Gasteiger partial charge in [0.25, 0.3) is 0 Å². The quantitative estimate of drug-likeness (QED) is 0.801. The lowest BCUT2D eigenvalue weighted by molar-refractivity contribution is 0.123. The molecular weight excluding hydrogens is 248 g/mol. The predicted molar refractivity (Wildman–Crippen MR) is 83.0 cm³/mol. The molecule has 2 atom stereocenters. The first kappa shape index (κ1) is 15.3. The maximum absolute atomic E-state index is 6.11. The predicted octanol–water partition coefficient (Wildman–Crippen LogP) is 3.85. The van der Waals surface area contributed by atoms with Crippen molar-refractivity contribution in [3.63, 3.8) is 0 Å². The van der Waals surface area contributed by atoms with Crippen LogP contribution in [-0.4, -0.2) is 17.6 Å². The Hall–Kier alpha value is -1.09. The molecule has 3 heteroatoms. The summed E-state index contributed by atoms with van der Waals surface area (Å²) in [6, 6.07) is 4.23. The van der Waals surface area contributed by atoms with Crippen LogP contribution in [0.5, 0.6) is 5.88 Å². The van der Waals surface area contributed by atoms with Crippen molar-refractivity contribution >= 4 is 0 Å². The summed E-state index contributed by atoms with van der Waals surface area (Å²) < 4.78 is 6.11. The van der Waals surface area contributed by atoms with Gasteiger partial charge in [0.1, 0.15) is 6.10 Å². The molecule has 112 valence electrons. The fourth-order valence-corrected chi connectivity index (χ4v) is 2.94. The third-order valence-corrected chi connectivity index (χ3v) is 3.92. The van der Waals surface area contributed by atoms with Gasteiger partial charge in [-0.25, -0.2) is 4.98 Å². The smallest absolute Gasteiger partial charge is 0.214 e. The number of nitrogens with one attached hydrogen (secondary N) is 1. The molecule has 0 aliphatic heterocycles. The molecule has 0 radical (unpaired) electrons. The van der Waals surface area contributed by atoms with Crippen LogP contribution < -0.4 is 10.1 Å². The number of hydrogen-bond acceptors (Lipinski definition) is 3. The van der Waals surface area contributed by atoms with Crippen LogP contribution in [0.15, 0.2) is 12.1 Å². The lowest BCUT2D eigenvalue weighted by Gasteiger charge is -2.27. The number of aryl methyl sites for hydroxylation is 1. The van der Waals surface area contributed by atoms with E-state index < -0.39 is 0 Å². The molecule has 0 aromatic carbocycles. The van der Waals surface area contributed by atoms with E-state index >= 15 is 0 Å². The van der Waals surface area contributed by atoms with Crippen LogP contribution in [0.3, 0.4) is 0 Å². The molecule has 1 saturated carbocycles. The van der Waals surface area contributed by atoms with Crippen LogP contribution in [0.2, 0.25) is 0 Å². The molecule has 20 heavy (non-hydrogen) atoms. The third kappa shape index (κ3) is 4.78. The van der Waals surface area contributed by atoms with Crippen molar-refractivity contribution in [2.45, 2.75) is 65.5 Å². The first-order valence-electron chi connectivity index (χ1n) is 8.02. The summed E-state index contributed by atoms with van der Waals surface area (Å²) in [5.74, 6) is 1.58. The van der Waals surface area contributed by atoms with Crippen LogP contribution in [0.4, 0.5) is 0 Å². The second-order valence-electron chi connectivity index (χ2n) is 6.14. The lowest BCUT2D eigenvalue weighted by atomic mass is 9.89. The van der Waals surface area contributed by atoms with Gasteiger partial charge in [-0.2, -0.15) is 0 Å². The number of nitrogens with zero attached hydrogens (tertiary/aromatic N) is 1. The molecule has 0 bridgehead atoms. The van der Waals surface area contributed by atoms with Gasteiger partial charge in [-0.15, -0.1) is 0 Å². The van der Waals surface area contributed by atoms with E-state index in [1.807, 2.05) is 6.92 Å². The summed E-state index contributed by atoms with van der Waals surface area (Å²) in [7, 11) is 0. The van der Waals surface area contributed by atoms with Gasteiger partial charge in [0.2, 0.25) is 5.88 Å². The Balaban J connectivity index is 1.96. The Kier molecular flexibility index (Phi) is 5.84. The van der Waals surface area contributed by atoms with E-state index in [1.54, 1.807) is 0 Å². The van der Waals surface area contributed by atoms with Crippen molar-refractivity contribution in [2.24, 2.45) is 5.92 Å².